The average Bonchev–Trinajstić information content (AvgIpc) is 2.52. The van der Waals surface area contributed by atoms with Gasteiger partial charge in [-0.05, 0) is 13.3 Å². The number of likely N-dealkylation sites (tertiary alicyclic amines) is 1. The molecule has 1 atom stereocenters. The summed E-state index contributed by atoms with van der Waals surface area (Å²) in [4.78, 5) is 12.8. The maximum atomic E-state index is 11.2. The minimum atomic E-state index is -0.225. The molecule has 1 unspecified atom stereocenters. The van der Waals surface area contributed by atoms with Crippen LogP contribution in [0.1, 0.15) is 13.3 Å². The minimum absolute atomic E-state index is 0.189. The largest absolute Gasteiger partial charge is 0.450 e. The van der Waals surface area contributed by atoms with Gasteiger partial charge >= 0.3 is 6.09 Å². The number of methoxy groups -OCH3 is 1. The molecule has 0 aromatic rings. The van der Waals surface area contributed by atoms with Gasteiger partial charge in [0.05, 0.1) is 19.3 Å². The zero-order chi connectivity index (χ0) is 8.97. The first kappa shape index (κ1) is 9.32. The molecular weight excluding hydrogens is 158 g/mol. The van der Waals surface area contributed by atoms with E-state index in [0.29, 0.717) is 13.2 Å². The van der Waals surface area contributed by atoms with E-state index < -0.39 is 0 Å². The fourth-order valence-corrected chi connectivity index (χ4v) is 1.30. The van der Waals surface area contributed by atoms with Crippen LogP contribution in [0.15, 0.2) is 0 Å². The van der Waals surface area contributed by atoms with E-state index in [9.17, 15) is 4.79 Å². The monoisotopic (exact) mass is 173 g/mol. The third kappa shape index (κ3) is 2.11. The predicted molar refractivity (Wildman–Crippen MR) is 44.0 cm³/mol. The molecular formula is C8H15NO3. The minimum Gasteiger partial charge on any atom is -0.450 e. The number of hydrogen-bond donors (Lipinski definition) is 0. The highest BCUT2D eigenvalue weighted by Gasteiger charge is 2.26. The van der Waals surface area contributed by atoms with Crippen LogP contribution in [-0.4, -0.2) is 43.9 Å². The van der Waals surface area contributed by atoms with Gasteiger partial charge in [0.15, 0.2) is 0 Å². The molecule has 4 nitrogen and oxygen atoms in total. The fraction of sp³-hybridized carbons (Fsp3) is 0.875. The van der Waals surface area contributed by atoms with Gasteiger partial charge in [-0.15, -0.1) is 0 Å². The van der Waals surface area contributed by atoms with E-state index in [0.717, 1.165) is 13.0 Å². The van der Waals surface area contributed by atoms with Crippen LogP contribution >= 0.6 is 0 Å². The van der Waals surface area contributed by atoms with Gasteiger partial charge in [-0.3, -0.25) is 0 Å². The van der Waals surface area contributed by atoms with Gasteiger partial charge in [0.2, 0.25) is 0 Å². The Labute approximate surface area is 72.4 Å². The van der Waals surface area contributed by atoms with Crippen molar-refractivity contribution in [3.8, 4) is 0 Å². The lowest BCUT2D eigenvalue weighted by Crippen LogP contribution is -2.30. The second kappa shape index (κ2) is 4.30. The second-order valence-electron chi connectivity index (χ2n) is 2.79. The molecule has 0 saturated carbocycles. The summed E-state index contributed by atoms with van der Waals surface area (Å²) in [6.07, 6.45) is 0.876. The van der Waals surface area contributed by atoms with Crippen molar-refractivity contribution in [2.45, 2.75) is 19.4 Å². The standard InChI is InChI=1S/C8H15NO3/c1-3-12-8(10)9-5-4-7(6-9)11-2/h7H,3-6H2,1-2H3. The van der Waals surface area contributed by atoms with Crippen molar-refractivity contribution in [1.82, 2.24) is 4.90 Å². The molecule has 0 aliphatic carbocycles. The Morgan fingerprint density at radius 1 is 1.67 bits per heavy atom. The highest BCUT2D eigenvalue weighted by molar-refractivity contribution is 5.67. The van der Waals surface area contributed by atoms with Gasteiger partial charge in [-0.2, -0.15) is 0 Å². The first-order valence-electron chi connectivity index (χ1n) is 4.22. The number of ether oxygens (including phenoxy) is 2. The molecule has 0 aromatic heterocycles. The summed E-state index contributed by atoms with van der Waals surface area (Å²) in [5.41, 5.74) is 0. The number of carbonyl (C=O) groups is 1. The summed E-state index contributed by atoms with van der Waals surface area (Å²) in [7, 11) is 1.67. The van der Waals surface area contributed by atoms with E-state index in [1.54, 1.807) is 12.0 Å². The Balaban J connectivity index is 2.31. The van der Waals surface area contributed by atoms with Crippen LogP contribution in [-0.2, 0) is 9.47 Å². The van der Waals surface area contributed by atoms with Crippen LogP contribution in [0.4, 0.5) is 4.79 Å². The summed E-state index contributed by atoms with van der Waals surface area (Å²) in [5.74, 6) is 0. The number of hydrogen-bond acceptors (Lipinski definition) is 3. The van der Waals surface area contributed by atoms with Crippen LogP contribution in [0.5, 0.6) is 0 Å². The van der Waals surface area contributed by atoms with Crippen LogP contribution in [0.3, 0.4) is 0 Å². The fourth-order valence-electron chi connectivity index (χ4n) is 1.30. The molecule has 1 fully saturated rings. The predicted octanol–water partition coefficient (Wildman–Crippen LogP) is 0.864. The van der Waals surface area contributed by atoms with E-state index in [-0.39, 0.29) is 12.2 Å². The van der Waals surface area contributed by atoms with Crippen molar-refractivity contribution < 1.29 is 14.3 Å². The van der Waals surface area contributed by atoms with Crippen LogP contribution in [0, 0.1) is 0 Å². The molecule has 0 radical (unpaired) electrons. The van der Waals surface area contributed by atoms with Crippen molar-refractivity contribution in [2.24, 2.45) is 0 Å². The van der Waals surface area contributed by atoms with Gasteiger partial charge in [0, 0.05) is 13.7 Å². The Morgan fingerprint density at radius 3 is 2.92 bits per heavy atom. The van der Waals surface area contributed by atoms with E-state index in [1.807, 2.05) is 6.92 Å². The van der Waals surface area contributed by atoms with Crippen molar-refractivity contribution in [3.05, 3.63) is 0 Å². The molecule has 70 valence electrons. The van der Waals surface area contributed by atoms with Gasteiger partial charge in [-0.1, -0.05) is 0 Å². The van der Waals surface area contributed by atoms with E-state index in [4.69, 9.17) is 9.47 Å². The van der Waals surface area contributed by atoms with Crippen molar-refractivity contribution in [1.29, 1.82) is 0 Å². The Bertz CT molecular complexity index is 160. The lowest BCUT2D eigenvalue weighted by Gasteiger charge is -2.14. The normalized spacial score (nSPS) is 22.8. The van der Waals surface area contributed by atoms with Crippen LogP contribution in [0.25, 0.3) is 0 Å². The number of amides is 1. The van der Waals surface area contributed by atoms with Crippen molar-refractivity contribution in [3.63, 3.8) is 0 Å². The van der Waals surface area contributed by atoms with Crippen LogP contribution < -0.4 is 0 Å². The van der Waals surface area contributed by atoms with Gasteiger partial charge in [0.1, 0.15) is 0 Å². The SMILES string of the molecule is CCOC(=O)N1CCC(OC)C1. The highest BCUT2D eigenvalue weighted by atomic mass is 16.6. The van der Waals surface area contributed by atoms with E-state index in [2.05, 4.69) is 0 Å². The summed E-state index contributed by atoms with van der Waals surface area (Å²) < 4.78 is 9.97. The lowest BCUT2D eigenvalue weighted by molar-refractivity contribution is 0.0907. The molecule has 0 bridgehead atoms. The zero-order valence-electron chi connectivity index (χ0n) is 7.58. The third-order valence-electron chi connectivity index (χ3n) is 2.00. The molecule has 1 saturated heterocycles. The van der Waals surface area contributed by atoms with E-state index in [1.165, 1.54) is 0 Å². The van der Waals surface area contributed by atoms with Gasteiger partial charge in [0.25, 0.3) is 0 Å². The maximum Gasteiger partial charge on any atom is 0.409 e. The summed E-state index contributed by atoms with van der Waals surface area (Å²) >= 11 is 0. The van der Waals surface area contributed by atoms with Crippen molar-refractivity contribution >= 4 is 6.09 Å². The molecule has 1 amide bonds. The molecule has 1 aliphatic rings. The first-order chi connectivity index (χ1) is 5.77. The molecule has 0 spiro atoms. The number of carbonyl (C=O) groups excluding carboxylic acids is 1. The first-order valence-corrected chi connectivity index (χ1v) is 4.22. The summed E-state index contributed by atoms with van der Waals surface area (Å²) in [6.45, 7) is 3.65. The molecule has 4 heteroatoms. The number of rotatable bonds is 2. The number of nitrogens with zero attached hydrogens (tertiary/aromatic N) is 1. The molecule has 12 heavy (non-hydrogen) atoms. The molecule has 0 N–H and O–H groups in total. The Hall–Kier alpha value is -0.770. The summed E-state index contributed by atoms with van der Waals surface area (Å²) in [5, 5.41) is 0. The highest BCUT2D eigenvalue weighted by Crippen LogP contribution is 2.12. The summed E-state index contributed by atoms with van der Waals surface area (Å²) in [6, 6.07) is 0. The Morgan fingerprint density at radius 2 is 2.42 bits per heavy atom. The average molecular weight is 173 g/mol. The molecule has 1 aliphatic heterocycles. The van der Waals surface area contributed by atoms with Crippen LogP contribution in [0.2, 0.25) is 0 Å². The maximum absolute atomic E-state index is 11.2. The topological polar surface area (TPSA) is 38.8 Å². The lowest BCUT2D eigenvalue weighted by atomic mass is 10.3. The third-order valence-corrected chi connectivity index (χ3v) is 2.00. The molecule has 0 aromatic carbocycles. The molecule has 1 heterocycles. The second-order valence-corrected chi connectivity index (χ2v) is 2.79. The smallest absolute Gasteiger partial charge is 0.409 e. The van der Waals surface area contributed by atoms with Gasteiger partial charge < -0.3 is 14.4 Å². The molecule has 1 rings (SSSR count). The van der Waals surface area contributed by atoms with E-state index >= 15 is 0 Å². The van der Waals surface area contributed by atoms with Gasteiger partial charge in [-0.25, -0.2) is 4.79 Å². The Kier molecular flexibility index (Phi) is 3.34. The quantitative estimate of drug-likeness (QED) is 0.621. The zero-order valence-corrected chi connectivity index (χ0v) is 7.58. The van der Waals surface area contributed by atoms with Crippen molar-refractivity contribution in [2.75, 3.05) is 26.8 Å².